The van der Waals surface area contributed by atoms with Gasteiger partial charge in [-0.2, -0.15) is 0 Å². The molecule has 0 aromatic carbocycles. The summed E-state index contributed by atoms with van der Waals surface area (Å²) < 4.78 is 4.58. The monoisotopic (exact) mass is 585 g/mol. The number of carbonyl (C=O) groups excluding carboxylic acids is 5. The Labute approximate surface area is 241 Å². The van der Waals surface area contributed by atoms with Gasteiger partial charge in [0.2, 0.25) is 12.3 Å². The first-order valence-electron chi connectivity index (χ1n) is 12.5. The zero-order valence-electron chi connectivity index (χ0n) is 22.8. The summed E-state index contributed by atoms with van der Waals surface area (Å²) >= 11 is 0. The summed E-state index contributed by atoms with van der Waals surface area (Å²) in [4.78, 5) is 64.3. The number of anilines is 3. The standard InChI is InChI=1S/C26H31N9O5.ClH/c1-32-11-16(30-14-36)8-19(32)24(38)31-17-9-21(33(2)12-17)26(40)35(25(39)15-4-5-15)18-10-20(34(3)13-18)23(37)29-7-6-22(27)28;/h8-15H,4-7H2,1-3H3,(H3,27,28)(H,29,37)(H,30,36)(H,31,38);1H. The molecule has 6 N–H and O–H groups in total. The van der Waals surface area contributed by atoms with Gasteiger partial charge >= 0.3 is 0 Å². The molecule has 3 aromatic rings. The van der Waals surface area contributed by atoms with E-state index in [0.717, 1.165) is 4.90 Å². The molecule has 1 fully saturated rings. The molecule has 41 heavy (non-hydrogen) atoms. The molecule has 0 aliphatic heterocycles. The van der Waals surface area contributed by atoms with Gasteiger partial charge in [-0.05, 0) is 31.0 Å². The van der Waals surface area contributed by atoms with Gasteiger partial charge in [0.25, 0.3) is 17.7 Å². The van der Waals surface area contributed by atoms with Crippen molar-refractivity contribution in [3.8, 4) is 0 Å². The van der Waals surface area contributed by atoms with Crippen LogP contribution in [0.2, 0.25) is 0 Å². The predicted molar refractivity (Wildman–Crippen MR) is 155 cm³/mol. The number of rotatable bonds is 11. The van der Waals surface area contributed by atoms with E-state index in [-0.39, 0.29) is 65.8 Å². The molecular weight excluding hydrogens is 554 g/mol. The fourth-order valence-corrected chi connectivity index (χ4v) is 4.25. The van der Waals surface area contributed by atoms with Gasteiger partial charge < -0.3 is 35.4 Å². The quantitative estimate of drug-likeness (QED) is 0.0982. The molecule has 15 heteroatoms. The van der Waals surface area contributed by atoms with E-state index in [1.54, 1.807) is 38.1 Å². The molecule has 3 heterocycles. The summed E-state index contributed by atoms with van der Waals surface area (Å²) in [7, 11) is 4.91. The molecule has 1 aliphatic carbocycles. The Kier molecular flexibility index (Phi) is 9.39. The SMILES string of the molecule is Cl.Cn1cc(N(C(=O)c2cc(NC(=O)c3cc(NC=O)cn3C)cn2C)C(=O)C2CC2)cc1C(=O)NCCC(=N)N. The lowest BCUT2D eigenvalue weighted by atomic mass is 10.2. The van der Waals surface area contributed by atoms with Crippen molar-refractivity contribution in [2.75, 3.05) is 22.1 Å². The van der Waals surface area contributed by atoms with Crippen LogP contribution in [0, 0.1) is 11.3 Å². The lowest BCUT2D eigenvalue weighted by Gasteiger charge is -2.19. The fourth-order valence-electron chi connectivity index (χ4n) is 4.25. The number of nitrogens with two attached hydrogens (primary N) is 1. The third-order valence-electron chi connectivity index (χ3n) is 6.46. The number of hydrogen-bond acceptors (Lipinski definition) is 6. The van der Waals surface area contributed by atoms with Gasteiger partial charge in [0.15, 0.2) is 0 Å². The van der Waals surface area contributed by atoms with Gasteiger partial charge in [-0.1, -0.05) is 0 Å². The van der Waals surface area contributed by atoms with Gasteiger partial charge in [-0.25, -0.2) is 4.90 Å². The average Bonchev–Trinajstić information content (AvgIpc) is 3.44. The van der Waals surface area contributed by atoms with Crippen LogP contribution in [0.1, 0.15) is 50.7 Å². The number of halogens is 1. The first-order valence-corrected chi connectivity index (χ1v) is 12.5. The van der Waals surface area contributed by atoms with Crippen molar-refractivity contribution in [1.29, 1.82) is 5.41 Å². The Morgan fingerprint density at radius 3 is 2.17 bits per heavy atom. The second kappa shape index (κ2) is 12.6. The molecule has 3 aromatic heterocycles. The van der Waals surface area contributed by atoms with Crippen molar-refractivity contribution in [2.24, 2.45) is 32.8 Å². The molecular formula is C26H32ClN9O5. The Morgan fingerprint density at radius 1 is 0.951 bits per heavy atom. The number of carbonyl (C=O) groups is 5. The lowest BCUT2D eigenvalue weighted by molar-refractivity contribution is -0.119. The molecule has 218 valence electrons. The van der Waals surface area contributed by atoms with E-state index >= 15 is 0 Å². The number of hydrogen-bond donors (Lipinski definition) is 5. The lowest BCUT2D eigenvalue weighted by Crippen LogP contribution is -2.38. The number of aryl methyl sites for hydroxylation is 3. The highest BCUT2D eigenvalue weighted by atomic mass is 35.5. The van der Waals surface area contributed by atoms with Gasteiger partial charge in [-0.15, -0.1) is 12.4 Å². The highest BCUT2D eigenvalue weighted by molar-refractivity contribution is 6.22. The first kappa shape index (κ1) is 30.7. The summed E-state index contributed by atoms with van der Waals surface area (Å²) in [6.07, 6.45) is 6.71. The molecule has 0 radical (unpaired) electrons. The summed E-state index contributed by atoms with van der Waals surface area (Å²) in [6, 6.07) is 4.45. The Morgan fingerprint density at radius 2 is 1.54 bits per heavy atom. The fraction of sp³-hybridized carbons (Fsp3) is 0.308. The number of nitrogens with one attached hydrogen (secondary N) is 4. The molecule has 1 saturated carbocycles. The Balaban J connectivity index is 0.00000462. The maximum atomic E-state index is 13.8. The zero-order valence-corrected chi connectivity index (χ0v) is 23.6. The number of aromatic nitrogens is 3. The zero-order chi connectivity index (χ0) is 29.1. The highest BCUT2D eigenvalue weighted by Crippen LogP contribution is 2.34. The maximum absolute atomic E-state index is 13.8. The van der Waals surface area contributed by atoms with Crippen molar-refractivity contribution in [3.05, 3.63) is 53.9 Å². The van der Waals surface area contributed by atoms with Crippen LogP contribution in [-0.2, 0) is 30.7 Å². The first-order chi connectivity index (χ1) is 19.0. The maximum Gasteiger partial charge on any atom is 0.281 e. The van der Waals surface area contributed by atoms with Crippen LogP contribution in [0.25, 0.3) is 0 Å². The minimum absolute atomic E-state index is 0. The molecule has 14 nitrogen and oxygen atoms in total. The van der Waals surface area contributed by atoms with Crippen molar-refractivity contribution in [3.63, 3.8) is 0 Å². The molecule has 0 spiro atoms. The van der Waals surface area contributed by atoms with E-state index in [9.17, 15) is 24.0 Å². The van der Waals surface area contributed by atoms with E-state index < -0.39 is 17.7 Å². The Bertz CT molecular complexity index is 1520. The third kappa shape index (κ3) is 6.84. The van der Waals surface area contributed by atoms with E-state index in [0.29, 0.717) is 30.6 Å². The van der Waals surface area contributed by atoms with E-state index in [2.05, 4.69) is 16.0 Å². The van der Waals surface area contributed by atoms with Gasteiger partial charge in [0.1, 0.15) is 17.1 Å². The molecule has 0 atom stereocenters. The third-order valence-corrected chi connectivity index (χ3v) is 6.46. The predicted octanol–water partition coefficient (Wildman–Crippen LogP) is 1.58. The van der Waals surface area contributed by atoms with Crippen LogP contribution in [-0.4, -0.2) is 56.1 Å². The van der Waals surface area contributed by atoms with Gasteiger partial charge in [0, 0.05) is 58.6 Å². The summed E-state index contributed by atoms with van der Waals surface area (Å²) in [6.45, 7) is 0.174. The number of amidine groups is 1. The van der Waals surface area contributed by atoms with Crippen molar-refractivity contribution >= 4 is 65.3 Å². The van der Waals surface area contributed by atoms with Crippen molar-refractivity contribution < 1.29 is 24.0 Å². The molecule has 4 rings (SSSR count). The summed E-state index contributed by atoms with van der Waals surface area (Å²) in [5.74, 6) is -2.21. The van der Waals surface area contributed by atoms with Gasteiger partial charge in [-0.3, -0.25) is 29.4 Å². The minimum Gasteiger partial charge on any atom is -0.388 e. The van der Waals surface area contributed by atoms with Crippen LogP contribution in [0.3, 0.4) is 0 Å². The largest absolute Gasteiger partial charge is 0.388 e. The second-order valence-corrected chi connectivity index (χ2v) is 9.64. The molecule has 5 amide bonds. The number of nitrogens with zero attached hydrogens (tertiary/aromatic N) is 4. The van der Waals surface area contributed by atoms with Crippen LogP contribution < -0.4 is 26.6 Å². The molecule has 0 bridgehead atoms. The molecule has 0 saturated heterocycles. The van der Waals surface area contributed by atoms with E-state index in [4.69, 9.17) is 11.1 Å². The van der Waals surface area contributed by atoms with E-state index in [1.807, 2.05) is 0 Å². The minimum atomic E-state index is -0.606. The van der Waals surface area contributed by atoms with Crippen LogP contribution >= 0.6 is 12.4 Å². The summed E-state index contributed by atoms with van der Waals surface area (Å²) in [5.41, 5.74) is 7.03. The van der Waals surface area contributed by atoms with Crippen molar-refractivity contribution in [1.82, 2.24) is 19.0 Å². The van der Waals surface area contributed by atoms with Crippen molar-refractivity contribution in [2.45, 2.75) is 19.3 Å². The summed E-state index contributed by atoms with van der Waals surface area (Å²) in [5, 5.41) is 15.2. The smallest absolute Gasteiger partial charge is 0.281 e. The van der Waals surface area contributed by atoms with Crippen LogP contribution in [0.5, 0.6) is 0 Å². The normalized spacial score (nSPS) is 12.2. The second-order valence-electron chi connectivity index (χ2n) is 9.64. The molecule has 1 aliphatic rings. The van der Waals surface area contributed by atoms with E-state index in [1.165, 1.54) is 33.5 Å². The average molecular weight is 586 g/mol. The Hall–Kier alpha value is -4.85. The van der Waals surface area contributed by atoms with Crippen LogP contribution in [0.4, 0.5) is 17.1 Å². The topological polar surface area (TPSA) is 189 Å². The number of amides is 5. The number of imide groups is 1. The van der Waals surface area contributed by atoms with Crippen LogP contribution in [0.15, 0.2) is 36.8 Å². The van der Waals surface area contributed by atoms with Gasteiger partial charge in [0.05, 0.1) is 22.9 Å². The molecule has 0 unspecified atom stereocenters. The highest BCUT2D eigenvalue weighted by Gasteiger charge is 2.39.